The van der Waals surface area contributed by atoms with Crippen LogP contribution in [-0.2, 0) is 19.3 Å². The van der Waals surface area contributed by atoms with Crippen molar-refractivity contribution in [2.24, 2.45) is 0 Å². The molecule has 1 aliphatic rings. The molecule has 0 aliphatic carbocycles. The fourth-order valence-electron chi connectivity index (χ4n) is 4.01. The third-order valence-electron chi connectivity index (χ3n) is 5.36. The van der Waals surface area contributed by atoms with Crippen LogP contribution in [0.2, 0.25) is 0 Å². The van der Waals surface area contributed by atoms with Gasteiger partial charge >= 0.3 is 169 Å². The van der Waals surface area contributed by atoms with Gasteiger partial charge < -0.3 is 0 Å². The molecule has 0 saturated heterocycles. The number of rotatable bonds is 1. The van der Waals surface area contributed by atoms with E-state index in [9.17, 15) is 13.2 Å². The molecule has 152 valence electrons. The van der Waals surface area contributed by atoms with Gasteiger partial charge in [-0.05, 0) is 0 Å². The van der Waals surface area contributed by atoms with Gasteiger partial charge in [0, 0.05) is 0 Å². The molecule has 0 N–H and O–H groups in total. The molecule has 0 amide bonds. The Hall–Kier alpha value is -1.85. The van der Waals surface area contributed by atoms with Crippen LogP contribution in [-0.4, -0.2) is 31.9 Å². The fourth-order valence-corrected chi connectivity index (χ4v) is 17.6. The molecule has 1 nitrogen and oxygen atoms in total. The van der Waals surface area contributed by atoms with Crippen molar-refractivity contribution < 1.29 is 18.4 Å². The maximum atomic E-state index is 17.2. The van der Waals surface area contributed by atoms with E-state index < -0.39 is 31.7 Å². The van der Waals surface area contributed by atoms with E-state index in [1.54, 1.807) is 36.4 Å². The number of hydrogen-bond donors (Lipinski definition) is 0. The molecule has 0 radical (unpaired) electrons. The Morgan fingerprint density at radius 3 is 1.62 bits per heavy atom. The summed E-state index contributed by atoms with van der Waals surface area (Å²) >= 11 is -7.18. The van der Waals surface area contributed by atoms with Crippen molar-refractivity contribution in [2.75, 3.05) is 7.05 Å². The Balaban J connectivity index is 2.06. The summed E-state index contributed by atoms with van der Waals surface area (Å²) in [6, 6.07) is 16.4. The number of hydrogen-bond acceptors (Lipinski definition) is 1. The van der Waals surface area contributed by atoms with E-state index >= 15 is 5.25 Å². The van der Waals surface area contributed by atoms with Gasteiger partial charge in [-0.2, -0.15) is 0 Å². The van der Waals surface area contributed by atoms with Crippen LogP contribution in [0.3, 0.4) is 0 Å². The van der Waals surface area contributed by atoms with Gasteiger partial charge in [0.1, 0.15) is 0 Å². The van der Waals surface area contributed by atoms with Gasteiger partial charge in [-0.1, -0.05) is 0 Å². The average molecular weight is 601 g/mol. The Bertz CT molecular complexity index is 1010. The van der Waals surface area contributed by atoms with Crippen LogP contribution >= 0.6 is 0 Å². The van der Waals surface area contributed by atoms with Gasteiger partial charge in [0.25, 0.3) is 0 Å². The summed E-state index contributed by atoms with van der Waals surface area (Å²) in [6.07, 6.45) is -4.57. The summed E-state index contributed by atoms with van der Waals surface area (Å²) in [5, 5.41) is 0. The van der Waals surface area contributed by atoms with Crippen LogP contribution in [0.5, 0.6) is 0 Å². The second-order valence-electron chi connectivity index (χ2n) is 7.38. The number of halogens is 5. The molecule has 4 rings (SSSR count). The molecule has 1 aliphatic heterocycles. The summed E-state index contributed by atoms with van der Waals surface area (Å²) in [5.74, 6) is 0. The van der Waals surface area contributed by atoms with E-state index in [0.29, 0.717) is 24.2 Å². The molecule has 7 heteroatoms. The first-order valence-corrected chi connectivity index (χ1v) is 16.9. The van der Waals surface area contributed by atoms with E-state index in [1.165, 1.54) is 12.1 Å². The van der Waals surface area contributed by atoms with Crippen LogP contribution in [0.25, 0.3) is 0 Å². The van der Waals surface area contributed by atoms with Crippen molar-refractivity contribution in [1.29, 1.82) is 0 Å². The van der Waals surface area contributed by atoms with Gasteiger partial charge in [0.15, 0.2) is 0 Å². The van der Waals surface area contributed by atoms with E-state index in [2.05, 4.69) is 0 Å². The van der Waals surface area contributed by atoms with E-state index in [0.717, 1.165) is 24.3 Å². The summed E-state index contributed by atoms with van der Waals surface area (Å²) in [7, 11) is 1.87. The zero-order valence-electron chi connectivity index (χ0n) is 15.6. The van der Waals surface area contributed by atoms with Gasteiger partial charge in [0.2, 0.25) is 0 Å². The molecule has 3 aromatic rings. The van der Waals surface area contributed by atoms with Crippen LogP contribution < -0.4 is 9.81 Å². The van der Waals surface area contributed by atoms with Gasteiger partial charge in [-0.15, -0.1) is 0 Å². The Kier molecular flexibility index (Phi) is 4.82. The monoisotopic (exact) mass is 601 g/mol. The molecular formula is C22H19BiF5N. The maximum absolute atomic E-state index is 17.2. The first-order valence-electron chi connectivity index (χ1n) is 9.09. The number of fused-ring (bicyclic) bond motifs is 2. The third kappa shape index (κ3) is 3.28. The fraction of sp³-hybridized carbons (Fsp3) is 0.182. The van der Waals surface area contributed by atoms with Gasteiger partial charge in [-0.3, -0.25) is 0 Å². The normalized spacial score (nSPS) is 19.7. The second-order valence-corrected chi connectivity index (χ2v) is 20.2. The second kappa shape index (κ2) is 6.85. The predicted molar refractivity (Wildman–Crippen MR) is 106 cm³/mol. The Morgan fingerprint density at radius 1 is 0.724 bits per heavy atom. The van der Waals surface area contributed by atoms with Crippen molar-refractivity contribution in [3.63, 3.8) is 0 Å². The van der Waals surface area contributed by atoms with Gasteiger partial charge in [0.05, 0.1) is 0 Å². The van der Waals surface area contributed by atoms with Crippen molar-refractivity contribution in [3.05, 3.63) is 89.5 Å². The summed E-state index contributed by atoms with van der Waals surface area (Å²) < 4.78 is 73.2. The average Bonchev–Trinajstić information content (AvgIpc) is 2.67. The molecule has 29 heavy (non-hydrogen) atoms. The summed E-state index contributed by atoms with van der Waals surface area (Å²) in [4.78, 5) is 1.97. The topological polar surface area (TPSA) is 3.24 Å². The number of benzene rings is 3. The molecule has 0 aromatic heterocycles. The van der Waals surface area contributed by atoms with E-state index in [1.807, 2.05) is 11.9 Å². The van der Waals surface area contributed by atoms with E-state index in [4.69, 9.17) is 0 Å². The number of nitrogens with zero attached hydrogens (tertiary/aromatic N) is 1. The van der Waals surface area contributed by atoms with Crippen molar-refractivity contribution >= 4 is 29.8 Å². The molecule has 0 atom stereocenters. The summed E-state index contributed by atoms with van der Waals surface area (Å²) in [5.41, 5.74) is 0.136. The minimum absolute atomic E-state index is 0.00254. The summed E-state index contributed by atoms with van der Waals surface area (Å²) in [6.45, 7) is 0.702. The van der Waals surface area contributed by atoms with Crippen molar-refractivity contribution in [2.45, 2.75) is 19.3 Å². The molecule has 0 saturated carbocycles. The minimum atomic E-state index is -7.18. The van der Waals surface area contributed by atoms with Crippen LogP contribution in [0.4, 0.5) is 18.4 Å². The molecule has 0 fully saturated rings. The predicted octanol–water partition coefficient (Wildman–Crippen LogP) is 4.01. The first kappa shape index (κ1) is 20.4. The molecule has 0 spiro atoms. The Morgan fingerprint density at radius 2 is 1.17 bits per heavy atom. The SMILES string of the molecule is CN1Cc2cccc[c]2[Bi]([F])([F])([c]2ccc(C(F)(F)F)cc2)[c]2ccccc2C1. The molecule has 1 heterocycles. The Labute approximate surface area is 168 Å². The molecule has 0 bridgehead atoms. The van der Waals surface area contributed by atoms with Crippen molar-refractivity contribution in [3.8, 4) is 0 Å². The first-order chi connectivity index (χ1) is 13.6. The zero-order chi connectivity index (χ0) is 20.9. The van der Waals surface area contributed by atoms with Crippen molar-refractivity contribution in [1.82, 2.24) is 4.90 Å². The molecule has 0 unspecified atom stereocenters. The zero-order valence-corrected chi connectivity index (χ0v) is 19.1. The van der Waals surface area contributed by atoms with Gasteiger partial charge in [-0.25, -0.2) is 0 Å². The third-order valence-corrected chi connectivity index (χ3v) is 20.0. The van der Waals surface area contributed by atoms with E-state index in [-0.39, 0.29) is 9.81 Å². The quantitative estimate of drug-likeness (QED) is 0.301. The van der Waals surface area contributed by atoms with Crippen LogP contribution in [0.1, 0.15) is 16.7 Å². The molecular weight excluding hydrogens is 582 g/mol. The van der Waals surface area contributed by atoms with Crippen LogP contribution in [0.15, 0.2) is 72.8 Å². The molecule has 3 aromatic carbocycles. The standard InChI is InChI=1S/C15H15N.C7H4F3.Bi.2FH/c1-16(12-14-8-4-2-5-9-14)13-15-10-6-3-7-11-15;8-7(9,10)6-4-2-1-3-5-6;;;/h2-8,10H,12-13H2,1H3;2-5H;;2*1H/q;;+2;;/p-2. The number of alkyl halides is 3. The van der Waals surface area contributed by atoms with Crippen LogP contribution in [0, 0.1) is 0 Å².